The zero-order valence-electron chi connectivity index (χ0n) is 11.5. The normalized spacial score (nSPS) is 25.1. The lowest BCUT2D eigenvalue weighted by molar-refractivity contribution is -0.309. The van der Waals surface area contributed by atoms with Crippen molar-refractivity contribution in [3.8, 4) is 11.5 Å². The van der Waals surface area contributed by atoms with E-state index in [-0.39, 0.29) is 23.6 Å². The van der Waals surface area contributed by atoms with E-state index in [0.717, 1.165) is 4.31 Å². The minimum atomic E-state index is -4.08. The number of sulfonamides is 1. The van der Waals surface area contributed by atoms with Crippen LogP contribution >= 0.6 is 0 Å². The molecule has 1 N–H and O–H groups in total. The van der Waals surface area contributed by atoms with Gasteiger partial charge in [0.05, 0.1) is 23.0 Å². The number of carboxylic acid groups (broad SMARTS) is 1. The second-order valence-corrected chi connectivity index (χ2v) is 7.00. The summed E-state index contributed by atoms with van der Waals surface area (Å²) in [7, 11) is -4.08. The number of aliphatic carboxylic acids is 1. The molecule has 2 aliphatic heterocycles. The molecule has 1 aromatic carbocycles. The molecule has 0 radical (unpaired) electrons. The molecule has 120 valence electrons. The summed E-state index contributed by atoms with van der Waals surface area (Å²) in [6, 6.07) is 2.69. The summed E-state index contributed by atoms with van der Waals surface area (Å²) in [6.45, 7) is 0.403. The molecular weight excluding hydrogens is 314 g/mol. The van der Waals surface area contributed by atoms with E-state index >= 15 is 0 Å². The number of hydrogen-bond donors (Lipinski definition) is 1. The van der Waals surface area contributed by atoms with Gasteiger partial charge in [0.1, 0.15) is 13.2 Å². The van der Waals surface area contributed by atoms with Gasteiger partial charge in [-0.15, -0.1) is 0 Å². The number of fused-ring (bicyclic) bond motifs is 1. The number of carbonyl (C=O) groups is 1. The van der Waals surface area contributed by atoms with Crippen molar-refractivity contribution in [1.29, 1.82) is 0 Å². The summed E-state index contributed by atoms with van der Waals surface area (Å²) in [5.74, 6) is -0.808. The Labute approximate surface area is 126 Å². The smallest absolute Gasteiger partial charge is 0.243 e. The van der Waals surface area contributed by atoms with Crippen LogP contribution < -0.4 is 14.6 Å². The molecule has 3 rings (SSSR count). The van der Waals surface area contributed by atoms with Gasteiger partial charge in [-0.2, -0.15) is 4.31 Å². The highest BCUT2D eigenvalue weighted by Gasteiger charge is 2.40. The second kappa shape index (κ2) is 5.41. The highest BCUT2D eigenvalue weighted by atomic mass is 32.2. The molecule has 0 unspecified atom stereocenters. The summed E-state index contributed by atoms with van der Waals surface area (Å²) in [5, 5.41) is 20.7. The van der Waals surface area contributed by atoms with Crippen molar-refractivity contribution in [2.24, 2.45) is 0 Å². The van der Waals surface area contributed by atoms with Gasteiger partial charge in [0, 0.05) is 12.6 Å². The third kappa shape index (κ3) is 2.51. The number of aliphatic hydroxyl groups excluding tert-OH is 1. The van der Waals surface area contributed by atoms with E-state index in [4.69, 9.17) is 9.47 Å². The lowest BCUT2D eigenvalue weighted by Gasteiger charge is -2.25. The number of ether oxygens (including phenoxy) is 2. The van der Waals surface area contributed by atoms with Crippen LogP contribution in [0.15, 0.2) is 23.1 Å². The summed E-state index contributed by atoms with van der Waals surface area (Å²) in [6.07, 6.45) is -1.22. The number of carbonyl (C=O) groups excluding carboxylic acids is 1. The van der Waals surface area contributed by atoms with Crippen LogP contribution in [0.2, 0.25) is 0 Å². The van der Waals surface area contributed by atoms with Gasteiger partial charge in [0.15, 0.2) is 11.5 Å². The molecule has 8 nitrogen and oxygen atoms in total. The molecule has 0 spiro atoms. The third-order valence-corrected chi connectivity index (χ3v) is 5.50. The number of nitrogens with zero attached hydrogens (tertiary/aromatic N) is 1. The van der Waals surface area contributed by atoms with Crippen LogP contribution in [0.25, 0.3) is 0 Å². The minimum absolute atomic E-state index is 0.114. The first-order valence-corrected chi connectivity index (χ1v) is 8.14. The van der Waals surface area contributed by atoms with E-state index in [2.05, 4.69) is 0 Å². The largest absolute Gasteiger partial charge is 0.548 e. The highest BCUT2D eigenvalue weighted by molar-refractivity contribution is 7.89. The Bertz CT molecular complexity index is 702. The van der Waals surface area contributed by atoms with Crippen LogP contribution in [0.5, 0.6) is 11.5 Å². The molecule has 0 saturated carbocycles. The first kappa shape index (κ1) is 15.1. The van der Waals surface area contributed by atoms with Crippen molar-refractivity contribution in [2.45, 2.75) is 23.5 Å². The molecule has 2 aliphatic rings. The molecule has 1 fully saturated rings. The van der Waals surface area contributed by atoms with Gasteiger partial charge in [-0.1, -0.05) is 0 Å². The Morgan fingerprint density at radius 2 is 1.95 bits per heavy atom. The number of hydrogen-bond acceptors (Lipinski definition) is 7. The molecule has 2 atom stereocenters. The van der Waals surface area contributed by atoms with Gasteiger partial charge >= 0.3 is 0 Å². The van der Waals surface area contributed by atoms with Crippen LogP contribution in [0.3, 0.4) is 0 Å². The first-order chi connectivity index (χ1) is 10.4. The second-order valence-electron chi connectivity index (χ2n) is 5.10. The van der Waals surface area contributed by atoms with E-state index in [9.17, 15) is 23.4 Å². The molecule has 0 bridgehead atoms. The molecule has 0 aliphatic carbocycles. The van der Waals surface area contributed by atoms with Crippen molar-refractivity contribution < 1.29 is 32.9 Å². The SMILES string of the molecule is O=C([O-])[C@@H]1C[C@H](O)CN1S(=O)(=O)c1ccc2c(c1)OCCO2. The fourth-order valence-electron chi connectivity index (χ4n) is 2.58. The maximum atomic E-state index is 12.6. The Balaban J connectivity index is 1.97. The number of rotatable bonds is 3. The highest BCUT2D eigenvalue weighted by Crippen LogP contribution is 2.34. The van der Waals surface area contributed by atoms with Crippen LogP contribution in [0.4, 0.5) is 0 Å². The summed E-state index contributed by atoms with van der Waals surface area (Å²) in [4.78, 5) is 11.0. The van der Waals surface area contributed by atoms with Gasteiger partial charge < -0.3 is 24.5 Å². The first-order valence-electron chi connectivity index (χ1n) is 6.70. The monoisotopic (exact) mass is 328 g/mol. The van der Waals surface area contributed by atoms with Gasteiger partial charge in [-0.05, 0) is 18.6 Å². The predicted molar refractivity (Wildman–Crippen MR) is 70.7 cm³/mol. The van der Waals surface area contributed by atoms with E-state index < -0.39 is 28.1 Å². The zero-order chi connectivity index (χ0) is 15.9. The minimum Gasteiger partial charge on any atom is -0.548 e. The van der Waals surface area contributed by atoms with Crippen molar-refractivity contribution in [1.82, 2.24) is 4.31 Å². The molecular formula is C13H14NO7S-. The number of carboxylic acids is 1. The lowest BCUT2D eigenvalue weighted by atomic mass is 10.2. The van der Waals surface area contributed by atoms with Crippen LogP contribution in [-0.4, -0.2) is 55.7 Å². The summed E-state index contributed by atoms with van der Waals surface area (Å²) < 4.78 is 36.6. The predicted octanol–water partition coefficient (Wildman–Crippen LogP) is -1.67. The molecule has 1 aromatic rings. The van der Waals surface area contributed by atoms with Gasteiger partial charge in [-0.3, -0.25) is 0 Å². The third-order valence-electron chi connectivity index (χ3n) is 3.63. The van der Waals surface area contributed by atoms with Crippen molar-refractivity contribution >= 4 is 16.0 Å². The Morgan fingerprint density at radius 1 is 1.27 bits per heavy atom. The summed E-state index contributed by atoms with van der Waals surface area (Å²) >= 11 is 0. The molecule has 2 heterocycles. The quantitative estimate of drug-likeness (QED) is 0.705. The topological polar surface area (TPSA) is 116 Å². The maximum absolute atomic E-state index is 12.6. The standard InChI is InChI=1S/C13H15NO7S/c15-8-5-10(13(16)17)14(7-8)22(18,19)9-1-2-11-12(6-9)21-4-3-20-11/h1-2,6,8,10,15H,3-5,7H2,(H,16,17)/p-1/t8-,10-/m0/s1. The fourth-order valence-corrected chi connectivity index (χ4v) is 4.23. The Kier molecular flexibility index (Phi) is 3.71. The van der Waals surface area contributed by atoms with E-state index in [1.54, 1.807) is 0 Å². The molecule has 0 aromatic heterocycles. The maximum Gasteiger partial charge on any atom is 0.243 e. The molecule has 22 heavy (non-hydrogen) atoms. The number of β-amino-alcohol motifs (C(OH)–C–C–N with tert-alkyl or cyclic N) is 1. The van der Waals surface area contributed by atoms with Gasteiger partial charge in [0.25, 0.3) is 0 Å². The summed E-state index contributed by atoms with van der Waals surface area (Å²) in [5.41, 5.74) is 0. The number of benzene rings is 1. The van der Waals surface area contributed by atoms with Crippen LogP contribution in [-0.2, 0) is 14.8 Å². The van der Waals surface area contributed by atoms with Gasteiger partial charge in [0.2, 0.25) is 10.0 Å². The van der Waals surface area contributed by atoms with Crippen LogP contribution in [0, 0.1) is 0 Å². The lowest BCUT2D eigenvalue weighted by Crippen LogP contribution is -2.46. The van der Waals surface area contributed by atoms with Crippen molar-refractivity contribution in [3.05, 3.63) is 18.2 Å². The molecule has 0 amide bonds. The van der Waals surface area contributed by atoms with Crippen molar-refractivity contribution in [2.75, 3.05) is 19.8 Å². The van der Waals surface area contributed by atoms with Crippen LogP contribution in [0.1, 0.15) is 6.42 Å². The number of aliphatic hydroxyl groups is 1. The van der Waals surface area contributed by atoms with E-state index in [0.29, 0.717) is 19.0 Å². The Hall–Kier alpha value is -1.84. The average Bonchev–Trinajstić information content (AvgIpc) is 2.90. The Morgan fingerprint density at radius 3 is 2.64 bits per heavy atom. The van der Waals surface area contributed by atoms with E-state index in [1.807, 2.05) is 0 Å². The molecule has 1 saturated heterocycles. The van der Waals surface area contributed by atoms with E-state index in [1.165, 1.54) is 18.2 Å². The van der Waals surface area contributed by atoms with Crippen molar-refractivity contribution in [3.63, 3.8) is 0 Å². The zero-order valence-corrected chi connectivity index (χ0v) is 12.3. The average molecular weight is 328 g/mol. The fraction of sp³-hybridized carbons (Fsp3) is 0.462. The molecule has 9 heteroatoms. The van der Waals surface area contributed by atoms with Gasteiger partial charge in [-0.25, -0.2) is 8.42 Å².